The second kappa shape index (κ2) is 8.98. The molecule has 0 saturated carbocycles. The first kappa shape index (κ1) is 19.3. The van der Waals surface area contributed by atoms with Gasteiger partial charge in [0.05, 0.1) is 11.4 Å². The maximum atomic E-state index is 13.5. The van der Waals surface area contributed by atoms with Crippen molar-refractivity contribution in [2.24, 2.45) is 0 Å². The highest BCUT2D eigenvalue weighted by molar-refractivity contribution is 8.00. The third kappa shape index (κ3) is 5.53. The molecule has 1 heterocycles. The first-order chi connectivity index (χ1) is 13.0. The van der Waals surface area contributed by atoms with Crippen LogP contribution in [0.3, 0.4) is 0 Å². The van der Waals surface area contributed by atoms with E-state index in [1.807, 2.05) is 31.2 Å². The Hall–Kier alpha value is -2.42. The number of nitrogens with one attached hydrogen (secondary N) is 4. The average molecular weight is 388 g/mol. The molecule has 8 heteroatoms. The summed E-state index contributed by atoms with van der Waals surface area (Å²) in [5.41, 5.74) is 7.90. The highest BCUT2D eigenvalue weighted by Gasteiger charge is 2.27. The maximum Gasteiger partial charge on any atom is 0.240 e. The van der Waals surface area contributed by atoms with Crippen molar-refractivity contribution < 1.29 is 14.0 Å². The summed E-state index contributed by atoms with van der Waals surface area (Å²) < 4.78 is 13.5. The smallest absolute Gasteiger partial charge is 0.240 e. The van der Waals surface area contributed by atoms with Gasteiger partial charge in [-0.15, -0.1) is 11.8 Å². The fraction of sp³-hybridized carbons (Fsp3) is 0.263. The third-order valence-electron chi connectivity index (χ3n) is 4.07. The van der Waals surface area contributed by atoms with Gasteiger partial charge in [0.2, 0.25) is 11.8 Å². The largest absolute Gasteiger partial charge is 0.329 e. The van der Waals surface area contributed by atoms with Crippen molar-refractivity contribution in [3.63, 3.8) is 0 Å². The number of halogens is 1. The lowest BCUT2D eigenvalue weighted by atomic mass is 10.0. The van der Waals surface area contributed by atoms with Crippen LogP contribution in [0.25, 0.3) is 0 Å². The Bertz CT molecular complexity index is 816. The van der Waals surface area contributed by atoms with E-state index in [1.165, 1.54) is 29.5 Å². The quantitative estimate of drug-likeness (QED) is 0.608. The first-order valence-corrected chi connectivity index (χ1v) is 9.59. The summed E-state index contributed by atoms with van der Waals surface area (Å²) in [4.78, 5) is 24.2. The number of anilines is 1. The highest BCUT2D eigenvalue weighted by atomic mass is 32.2. The minimum atomic E-state index is -0.486. The molecule has 0 aromatic heterocycles. The summed E-state index contributed by atoms with van der Waals surface area (Å²) in [5.74, 6) is -0.902. The fourth-order valence-corrected chi connectivity index (χ4v) is 3.34. The van der Waals surface area contributed by atoms with E-state index in [0.717, 1.165) is 5.56 Å². The third-order valence-corrected chi connectivity index (χ3v) is 5.07. The van der Waals surface area contributed by atoms with Crippen LogP contribution in [-0.4, -0.2) is 29.1 Å². The second-order valence-electron chi connectivity index (χ2n) is 6.26. The van der Waals surface area contributed by atoms with Gasteiger partial charge in [-0.1, -0.05) is 42.0 Å². The summed E-state index contributed by atoms with van der Waals surface area (Å²) in [6.07, 6.45) is 0.560. The van der Waals surface area contributed by atoms with E-state index < -0.39 is 17.4 Å². The Labute approximate surface area is 161 Å². The molecule has 0 aliphatic carbocycles. The van der Waals surface area contributed by atoms with Crippen LogP contribution in [0.1, 0.15) is 11.1 Å². The summed E-state index contributed by atoms with van der Waals surface area (Å²) in [6.45, 7) is 2.01. The van der Waals surface area contributed by atoms with Crippen LogP contribution in [0, 0.1) is 12.7 Å². The van der Waals surface area contributed by atoms with Gasteiger partial charge in [-0.3, -0.25) is 9.59 Å². The lowest BCUT2D eigenvalue weighted by molar-refractivity contribution is -0.125. The number of rotatable bonds is 6. The van der Waals surface area contributed by atoms with Crippen LogP contribution < -0.4 is 21.5 Å². The number of carbonyl (C=O) groups is 2. The Morgan fingerprint density at radius 2 is 1.89 bits per heavy atom. The molecule has 6 nitrogen and oxygen atoms in total. The van der Waals surface area contributed by atoms with Crippen LogP contribution in [0.2, 0.25) is 0 Å². The SMILES string of the molecule is Cc1ccc(CC2NNC(SCC(=O)Nc3ccccc3F)NC2=O)cc1. The van der Waals surface area contributed by atoms with Gasteiger partial charge in [0.1, 0.15) is 17.4 Å². The standard InChI is InChI=1S/C19H21FN4O2S/c1-12-6-8-13(9-7-12)10-16-18(26)22-19(24-23-16)27-11-17(25)21-15-5-3-2-4-14(15)20/h2-9,16,19,23-24H,10-11H2,1H3,(H,21,25)(H,22,26). The number of hydrazine groups is 1. The first-order valence-electron chi connectivity index (χ1n) is 8.54. The van der Waals surface area contributed by atoms with E-state index in [2.05, 4.69) is 21.5 Å². The number of benzene rings is 2. The molecule has 1 aliphatic heterocycles. The van der Waals surface area contributed by atoms with E-state index in [4.69, 9.17) is 0 Å². The molecule has 142 valence electrons. The zero-order valence-corrected chi connectivity index (χ0v) is 15.6. The number of aryl methyl sites for hydroxylation is 1. The second-order valence-corrected chi connectivity index (χ2v) is 7.35. The molecule has 1 saturated heterocycles. The van der Waals surface area contributed by atoms with Gasteiger partial charge in [-0.2, -0.15) is 0 Å². The van der Waals surface area contributed by atoms with Crippen molar-refractivity contribution in [2.75, 3.05) is 11.1 Å². The molecule has 27 heavy (non-hydrogen) atoms. The topological polar surface area (TPSA) is 82.3 Å². The van der Waals surface area contributed by atoms with Gasteiger partial charge in [0.25, 0.3) is 0 Å². The summed E-state index contributed by atoms with van der Waals surface area (Å²) in [6, 6.07) is 13.6. The van der Waals surface area contributed by atoms with Crippen LogP contribution in [-0.2, 0) is 16.0 Å². The highest BCUT2D eigenvalue weighted by Crippen LogP contribution is 2.15. The number of hydrogen-bond acceptors (Lipinski definition) is 5. The fourth-order valence-electron chi connectivity index (χ4n) is 2.60. The predicted molar refractivity (Wildman–Crippen MR) is 104 cm³/mol. The molecule has 2 aromatic rings. The lowest BCUT2D eigenvalue weighted by Crippen LogP contribution is -2.64. The van der Waals surface area contributed by atoms with Gasteiger partial charge >= 0.3 is 0 Å². The monoisotopic (exact) mass is 388 g/mol. The molecular formula is C19H21FN4O2S. The number of hydrogen-bond donors (Lipinski definition) is 4. The molecule has 3 rings (SSSR count). The van der Waals surface area contributed by atoms with Gasteiger partial charge in [0, 0.05) is 0 Å². The minimum Gasteiger partial charge on any atom is -0.329 e. The van der Waals surface area contributed by atoms with E-state index >= 15 is 0 Å². The molecule has 1 aliphatic rings. The number of thioether (sulfide) groups is 1. The van der Waals surface area contributed by atoms with Gasteiger partial charge < -0.3 is 10.6 Å². The molecule has 4 N–H and O–H groups in total. The van der Waals surface area contributed by atoms with Crippen LogP contribution in [0.5, 0.6) is 0 Å². The minimum absolute atomic E-state index is 0.0661. The average Bonchev–Trinajstić information content (AvgIpc) is 2.66. The zero-order valence-electron chi connectivity index (χ0n) is 14.8. The van der Waals surface area contributed by atoms with E-state index in [9.17, 15) is 14.0 Å². The molecule has 0 bridgehead atoms. The van der Waals surface area contributed by atoms with Crippen LogP contribution in [0.4, 0.5) is 10.1 Å². The van der Waals surface area contributed by atoms with E-state index in [0.29, 0.717) is 6.42 Å². The Balaban J connectivity index is 1.44. The Morgan fingerprint density at radius 3 is 2.59 bits per heavy atom. The number of amides is 2. The molecular weight excluding hydrogens is 367 g/mol. The van der Waals surface area contributed by atoms with Crippen molar-refractivity contribution in [3.05, 3.63) is 65.5 Å². The van der Waals surface area contributed by atoms with Gasteiger partial charge in [0.15, 0.2) is 0 Å². The predicted octanol–water partition coefficient (Wildman–Crippen LogP) is 1.92. The van der Waals surface area contributed by atoms with Crippen molar-refractivity contribution >= 4 is 29.3 Å². The summed E-state index contributed by atoms with van der Waals surface area (Å²) in [7, 11) is 0. The molecule has 2 aromatic carbocycles. The van der Waals surface area contributed by atoms with E-state index in [1.54, 1.807) is 12.1 Å². The van der Waals surface area contributed by atoms with Crippen molar-refractivity contribution in [1.82, 2.24) is 16.2 Å². The van der Waals surface area contributed by atoms with Crippen molar-refractivity contribution in [3.8, 4) is 0 Å². The van der Waals surface area contributed by atoms with Gasteiger partial charge in [-0.05, 0) is 31.0 Å². The molecule has 2 atom stereocenters. The normalized spacial score (nSPS) is 19.4. The Morgan fingerprint density at radius 1 is 1.15 bits per heavy atom. The zero-order chi connectivity index (χ0) is 19.2. The van der Waals surface area contributed by atoms with Gasteiger partial charge in [-0.25, -0.2) is 15.2 Å². The van der Waals surface area contributed by atoms with Crippen molar-refractivity contribution in [2.45, 2.75) is 24.9 Å². The summed E-state index contributed by atoms with van der Waals surface area (Å²) >= 11 is 1.20. The van der Waals surface area contributed by atoms with Crippen LogP contribution >= 0.6 is 11.8 Å². The molecule has 0 radical (unpaired) electrons. The van der Waals surface area contributed by atoms with Crippen LogP contribution in [0.15, 0.2) is 48.5 Å². The Kier molecular flexibility index (Phi) is 6.44. The molecule has 2 amide bonds. The van der Waals surface area contributed by atoms with Crippen molar-refractivity contribution in [1.29, 1.82) is 0 Å². The molecule has 1 fully saturated rings. The number of carbonyl (C=O) groups excluding carboxylic acids is 2. The molecule has 0 spiro atoms. The number of para-hydroxylation sites is 1. The maximum absolute atomic E-state index is 13.5. The lowest BCUT2D eigenvalue weighted by Gasteiger charge is -2.31. The molecule has 2 unspecified atom stereocenters. The van der Waals surface area contributed by atoms with E-state index in [-0.39, 0.29) is 23.3 Å². The summed E-state index contributed by atoms with van der Waals surface area (Å²) in [5, 5.41) is 5.34.